The lowest BCUT2D eigenvalue weighted by molar-refractivity contribution is -0.118. The summed E-state index contributed by atoms with van der Waals surface area (Å²) < 4.78 is 42.8. The molecule has 9 heteroatoms. The predicted molar refractivity (Wildman–Crippen MR) is 108 cm³/mol. The van der Waals surface area contributed by atoms with Gasteiger partial charge in [-0.25, -0.2) is 8.42 Å². The first kappa shape index (κ1) is 21.1. The maximum absolute atomic E-state index is 12.6. The van der Waals surface area contributed by atoms with E-state index < -0.39 is 10.0 Å². The molecule has 1 saturated heterocycles. The summed E-state index contributed by atoms with van der Waals surface area (Å²) in [6, 6.07) is 13.2. The number of benzene rings is 2. The van der Waals surface area contributed by atoms with E-state index in [0.717, 1.165) is 0 Å². The normalized spacial score (nSPS) is 14.9. The van der Waals surface area contributed by atoms with E-state index in [-0.39, 0.29) is 17.4 Å². The van der Waals surface area contributed by atoms with Gasteiger partial charge in [-0.2, -0.15) is 4.31 Å². The summed E-state index contributed by atoms with van der Waals surface area (Å²) in [6.45, 7) is 3.61. The van der Waals surface area contributed by atoms with Crippen LogP contribution in [0.1, 0.15) is 6.92 Å². The number of hydrogen-bond donors (Lipinski definition) is 1. The first-order chi connectivity index (χ1) is 14.0. The van der Waals surface area contributed by atoms with E-state index in [1.165, 1.54) is 16.4 Å². The van der Waals surface area contributed by atoms with E-state index in [9.17, 15) is 13.2 Å². The summed E-state index contributed by atoms with van der Waals surface area (Å²) in [6.07, 6.45) is 0. The minimum Gasteiger partial charge on any atom is -0.490 e. The molecule has 29 heavy (non-hydrogen) atoms. The van der Waals surface area contributed by atoms with Crippen molar-refractivity contribution in [1.29, 1.82) is 0 Å². The molecule has 1 aliphatic rings. The van der Waals surface area contributed by atoms with Gasteiger partial charge in [-0.05, 0) is 43.3 Å². The van der Waals surface area contributed by atoms with Crippen LogP contribution in [0.15, 0.2) is 53.4 Å². The minimum absolute atomic E-state index is 0.180. The van der Waals surface area contributed by atoms with Crippen molar-refractivity contribution in [3.8, 4) is 11.5 Å². The van der Waals surface area contributed by atoms with Crippen LogP contribution in [0.3, 0.4) is 0 Å². The number of anilines is 1. The average molecular weight is 420 g/mol. The molecule has 0 bridgehead atoms. The quantitative estimate of drug-likeness (QED) is 0.703. The Morgan fingerprint density at radius 1 is 1.03 bits per heavy atom. The largest absolute Gasteiger partial charge is 0.490 e. The fraction of sp³-hybridized carbons (Fsp3) is 0.350. The van der Waals surface area contributed by atoms with Crippen molar-refractivity contribution in [1.82, 2.24) is 4.31 Å². The third-order valence-electron chi connectivity index (χ3n) is 4.25. The van der Waals surface area contributed by atoms with E-state index in [1.54, 1.807) is 30.3 Å². The summed E-state index contributed by atoms with van der Waals surface area (Å²) in [5, 5.41) is 2.69. The Kier molecular flexibility index (Phi) is 7.08. The molecule has 1 amide bonds. The molecule has 0 radical (unpaired) electrons. The molecule has 1 aliphatic heterocycles. The van der Waals surface area contributed by atoms with E-state index in [1.807, 2.05) is 13.0 Å². The lowest BCUT2D eigenvalue weighted by Crippen LogP contribution is -2.40. The fourth-order valence-corrected chi connectivity index (χ4v) is 4.24. The summed E-state index contributed by atoms with van der Waals surface area (Å²) in [7, 11) is -3.56. The number of hydrogen-bond acceptors (Lipinski definition) is 6. The molecular weight excluding hydrogens is 396 g/mol. The van der Waals surface area contributed by atoms with Crippen molar-refractivity contribution in [2.75, 3.05) is 44.8 Å². The Labute approximate surface area is 170 Å². The Hall–Kier alpha value is -2.62. The molecule has 1 N–H and O–H groups in total. The first-order valence-corrected chi connectivity index (χ1v) is 10.8. The lowest BCUT2D eigenvalue weighted by atomic mass is 10.3. The standard InChI is InChI=1S/C20H24N2O6S/c1-2-27-18-5-3-4-6-19(18)28-15-20(23)21-16-7-9-17(10-8-16)29(24,25)22-11-13-26-14-12-22/h3-10H,2,11-15H2,1H3,(H,21,23). The van der Waals surface area contributed by atoms with Gasteiger partial charge < -0.3 is 19.5 Å². The van der Waals surface area contributed by atoms with Crippen LogP contribution in [-0.2, 0) is 19.6 Å². The molecule has 2 aromatic carbocycles. The molecule has 0 saturated carbocycles. The number of carbonyl (C=O) groups is 1. The summed E-state index contributed by atoms with van der Waals surface area (Å²) >= 11 is 0. The molecular formula is C20H24N2O6S. The molecule has 1 heterocycles. The third kappa shape index (κ3) is 5.47. The number of para-hydroxylation sites is 2. The topological polar surface area (TPSA) is 94.2 Å². The molecule has 0 aromatic heterocycles. The first-order valence-electron chi connectivity index (χ1n) is 9.33. The van der Waals surface area contributed by atoms with Gasteiger partial charge in [0.05, 0.1) is 24.7 Å². The number of ether oxygens (including phenoxy) is 3. The van der Waals surface area contributed by atoms with Gasteiger partial charge in [0.1, 0.15) is 0 Å². The van der Waals surface area contributed by atoms with Crippen molar-refractivity contribution in [3.63, 3.8) is 0 Å². The van der Waals surface area contributed by atoms with E-state index in [2.05, 4.69) is 5.32 Å². The Morgan fingerprint density at radius 3 is 2.28 bits per heavy atom. The highest BCUT2D eigenvalue weighted by Gasteiger charge is 2.26. The maximum atomic E-state index is 12.6. The number of carbonyl (C=O) groups excluding carboxylic acids is 1. The molecule has 156 valence electrons. The second-order valence-corrected chi connectivity index (χ2v) is 8.20. The minimum atomic E-state index is -3.56. The number of nitrogens with one attached hydrogen (secondary N) is 1. The second-order valence-electron chi connectivity index (χ2n) is 6.26. The third-order valence-corrected chi connectivity index (χ3v) is 6.17. The second kappa shape index (κ2) is 9.73. The van der Waals surface area contributed by atoms with Gasteiger partial charge in [0.2, 0.25) is 10.0 Å². The zero-order chi connectivity index (χ0) is 20.7. The molecule has 2 aromatic rings. The number of morpholine rings is 1. The van der Waals surface area contributed by atoms with Gasteiger partial charge >= 0.3 is 0 Å². The maximum Gasteiger partial charge on any atom is 0.262 e. The highest BCUT2D eigenvalue weighted by atomic mass is 32.2. The molecule has 3 rings (SSSR count). The van der Waals surface area contributed by atoms with Crippen LogP contribution in [0.2, 0.25) is 0 Å². The fourth-order valence-electron chi connectivity index (χ4n) is 2.83. The number of sulfonamides is 1. The molecule has 0 spiro atoms. The predicted octanol–water partition coefficient (Wildman–Crippen LogP) is 2.12. The van der Waals surface area contributed by atoms with Crippen LogP contribution in [0, 0.1) is 0 Å². The van der Waals surface area contributed by atoms with Gasteiger partial charge in [0.25, 0.3) is 5.91 Å². The van der Waals surface area contributed by atoms with Gasteiger partial charge in [0.15, 0.2) is 18.1 Å². The van der Waals surface area contributed by atoms with Crippen LogP contribution in [0.25, 0.3) is 0 Å². The zero-order valence-electron chi connectivity index (χ0n) is 16.2. The Balaban J connectivity index is 1.57. The molecule has 0 unspecified atom stereocenters. The highest BCUT2D eigenvalue weighted by Crippen LogP contribution is 2.26. The highest BCUT2D eigenvalue weighted by molar-refractivity contribution is 7.89. The van der Waals surface area contributed by atoms with Gasteiger partial charge in [-0.15, -0.1) is 0 Å². The van der Waals surface area contributed by atoms with Crippen LogP contribution < -0.4 is 14.8 Å². The van der Waals surface area contributed by atoms with E-state index >= 15 is 0 Å². The van der Waals surface area contributed by atoms with Crippen LogP contribution in [0.5, 0.6) is 11.5 Å². The lowest BCUT2D eigenvalue weighted by Gasteiger charge is -2.26. The van der Waals surface area contributed by atoms with Crippen LogP contribution in [-0.4, -0.2) is 58.1 Å². The van der Waals surface area contributed by atoms with Gasteiger partial charge in [-0.1, -0.05) is 12.1 Å². The zero-order valence-corrected chi connectivity index (χ0v) is 17.0. The molecule has 0 atom stereocenters. The van der Waals surface area contributed by atoms with Crippen LogP contribution in [0.4, 0.5) is 5.69 Å². The monoisotopic (exact) mass is 420 g/mol. The molecule has 8 nitrogen and oxygen atoms in total. The van der Waals surface area contributed by atoms with E-state index in [0.29, 0.717) is 50.1 Å². The SMILES string of the molecule is CCOc1ccccc1OCC(=O)Nc1ccc(S(=O)(=O)N2CCOCC2)cc1. The van der Waals surface area contributed by atoms with Crippen molar-refractivity contribution in [3.05, 3.63) is 48.5 Å². The van der Waals surface area contributed by atoms with Crippen molar-refractivity contribution < 1.29 is 27.4 Å². The average Bonchev–Trinajstić information content (AvgIpc) is 2.74. The molecule has 1 fully saturated rings. The Bertz CT molecular complexity index is 924. The summed E-state index contributed by atoms with van der Waals surface area (Å²) in [5.41, 5.74) is 0.484. The van der Waals surface area contributed by atoms with Crippen molar-refractivity contribution in [2.24, 2.45) is 0 Å². The number of rotatable bonds is 8. The molecule has 0 aliphatic carbocycles. The smallest absolute Gasteiger partial charge is 0.262 e. The van der Waals surface area contributed by atoms with Crippen molar-refractivity contribution in [2.45, 2.75) is 11.8 Å². The number of amides is 1. The van der Waals surface area contributed by atoms with E-state index in [4.69, 9.17) is 14.2 Å². The van der Waals surface area contributed by atoms with Crippen molar-refractivity contribution >= 4 is 21.6 Å². The number of nitrogens with zero attached hydrogens (tertiary/aromatic N) is 1. The summed E-state index contributed by atoms with van der Waals surface area (Å²) in [5.74, 6) is 0.692. The van der Waals surface area contributed by atoms with Gasteiger partial charge in [0, 0.05) is 18.8 Å². The van der Waals surface area contributed by atoms with Crippen LogP contribution >= 0.6 is 0 Å². The Morgan fingerprint density at radius 2 is 1.66 bits per heavy atom. The van der Waals surface area contributed by atoms with Gasteiger partial charge in [-0.3, -0.25) is 4.79 Å². The summed E-state index contributed by atoms with van der Waals surface area (Å²) in [4.78, 5) is 12.3.